The molecule has 0 bridgehead atoms. The minimum atomic E-state index is -1.02. The van der Waals surface area contributed by atoms with Crippen LogP contribution in [0.1, 0.15) is 16.8 Å². The summed E-state index contributed by atoms with van der Waals surface area (Å²) in [5.74, 6) is -0.806. The van der Waals surface area contributed by atoms with Crippen molar-refractivity contribution in [2.75, 3.05) is 24.7 Å². The summed E-state index contributed by atoms with van der Waals surface area (Å²) >= 11 is 0. The SMILES string of the molecule is O=C(O)c1ccc(OCCCN2C(=O)COc3ccc([N+](=O)[O-])nc32)cc1. The van der Waals surface area contributed by atoms with Gasteiger partial charge >= 0.3 is 11.8 Å². The summed E-state index contributed by atoms with van der Waals surface area (Å²) in [4.78, 5) is 38.4. The number of hydrogen-bond acceptors (Lipinski definition) is 7. The van der Waals surface area contributed by atoms with Crippen molar-refractivity contribution in [3.63, 3.8) is 0 Å². The van der Waals surface area contributed by atoms with Crippen LogP contribution in [0.3, 0.4) is 0 Å². The van der Waals surface area contributed by atoms with Gasteiger partial charge < -0.3 is 24.7 Å². The first-order valence-corrected chi connectivity index (χ1v) is 8.00. The molecular weight excluding hydrogens is 358 g/mol. The standard InChI is InChI=1S/C17H15N3O7/c21-15-10-27-13-6-7-14(20(24)25)18-16(13)19(15)8-1-9-26-12-4-2-11(3-5-12)17(22)23/h2-7H,1,8-10H2,(H,22,23). The number of amides is 1. The molecule has 2 heterocycles. The Kier molecular flexibility index (Phi) is 5.15. The largest absolute Gasteiger partial charge is 0.494 e. The molecule has 0 fully saturated rings. The molecule has 1 aliphatic rings. The van der Waals surface area contributed by atoms with Crippen molar-refractivity contribution in [1.82, 2.24) is 4.98 Å². The van der Waals surface area contributed by atoms with Crippen molar-refractivity contribution in [3.8, 4) is 11.5 Å². The molecule has 1 amide bonds. The van der Waals surface area contributed by atoms with Gasteiger partial charge in [0.1, 0.15) is 5.75 Å². The number of carbonyl (C=O) groups excluding carboxylic acids is 1. The third-order valence-electron chi connectivity index (χ3n) is 3.82. The summed E-state index contributed by atoms with van der Waals surface area (Å²) in [5.41, 5.74) is 0.158. The fourth-order valence-corrected chi connectivity index (χ4v) is 2.51. The zero-order valence-electron chi connectivity index (χ0n) is 14.0. The Morgan fingerprint density at radius 3 is 2.70 bits per heavy atom. The fraction of sp³-hybridized carbons (Fsp3) is 0.235. The first-order valence-electron chi connectivity index (χ1n) is 8.00. The molecule has 0 unspecified atom stereocenters. The second-order valence-electron chi connectivity index (χ2n) is 5.61. The highest BCUT2D eigenvalue weighted by atomic mass is 16.6. The summed E-state index contributed by atoms with van der Waals surface area (Å²) in [6, 6.07) is 8.59. The number of nitrogens with zero attached hydrogens (tertiary/aromatic N) is 3. The zero-order chi connectivity index (χ0) is 19.4. The number of benzene rings is 1. The lowest BCUT2D eigenvalue weighted by Gasteiger charge is -2.25. The van der Waals surface area contributed by atoms with Crippen LogP contribution in [0, 0.1) is 10.1 Å². The molecule has 0 atom stereocenters. The van der Waals surface area contributed by atoms with Gasteiger partial charge in [0.05, 0.1) is 12.2 Å². The number of carboxylic acids is 1. The van der Waals surface area contributed by atoms with Gasteiger partial charge in [-0.15, -0.1) is 0 Å². The second kappa shape index (κ2) is 7.68. The lowest BCUT2D eigenvalue weighted by molar-refractivity contribution is -0.389. The molecular formula is C17H15N3O7. The van der Waals surface area contributed by atoms with Crippen molar-refractivity contribution in [3.05, 3.63) is 52.1 Å². The van der Waals surface area contributed by atoms with Crippen LogP contribution < -0.4 is 14.4 Å². The van der Waals surface area contributed by atoms with Crippen molar-refractivity contribution < 1.29 is 29.1 Å². The maximum Gasteiger partial charge on any atom is 0.366 e. The van der Waals surface area contributed by atoms with Crippen molar-refractivity contribution in [2.24, 2.45) is 0 Å². The third kappa shape index (κ3) is 4.11. The maximum absolute atomic E-state index is 12.1. The van der Waals surface area contributed by atoms with Gasteiger partial charge in [-0.25, -0.2) is 4.79 Å². The van der Waals surface area contributed by atoms with Crippen LogP contribution in [0.2, 0.25) is 0 Å². The average molecular weight is 373 g/mol. The van der Waals surface area contributed by atoms with E-state index in [4.69, 9.17) is 14.6 Å². The topological polar surface area (TPSA) is 132 Å². The Labute approximate surface area is 153 Å². The Morgan fingerprint density at radius 1 is 1.30 bits per heavy atom. The smallest absolute Gasteiger partial charge is 0.366 e. The molecule has 3 rings (SSSR count). The van der Waals surface area contributed by atoms with Gasteiger partial charge in [0.2, 0.25) is 0 Å². The number of nitro groups is 1. The number of fused-ring (bicyclic) bond motifs is 1. The minimum Gasteiger partial charge on any atom is -0.494 e. The molecule has 10 heteroatoms. The Bertz CT molecular complexity index is 883. The van der Waals surface area contributed by atoms with E-state index in [1.165, 1.54) is 29.2 Å². The van der Waals surface area contributed by atoms with Crippen LogP contribution in [-0.4, -0.2) is 46.6 Å². The van der Waals surface area contributed by atoms with E-state index in [1.54, 1.807) is 12.1 Å². The van der Waals surface area contributed by atoms with E-state index in [0.717, 1.165) is 0 Å². The van der Waals surface area contributed by atoms with Gasteiger partial charge in [0, 0.05) is 12.6 Å². The van der Waals surface area contributed by atoms with Gasteiger partial charge in [-0.3, -0.25) is 9.69 Å². The van der Waals surface area contributed by atoms with E-state index in [9.17, 15) is 19.7 Å². The highest BCUT2D eigenvalue weighted by Crippen LogP contribution is 2.32. The molecule has 27 heavy (non-hydrogen) atoms. The van der Waals surface area contributed by atoms with Crippen LogP contribution >= 0.6 is 0 Å². The normalized spacial score (nSPS) is 12.9. The molecule has 1 aliphatic heterocycles. The Balaban J connectivity index is 1.61. The zero-order valence-corrected chi connectivity index (χ0v) is 14.0. The maximum atomic E-state index is 12.1. The monoisotopic (exact) mass is 373 g/mol. The molecule has 0 radical (unpaired) electrons. The van der Waals surface area contributed by atoms with Crippen LogP contribution in [-0.2, 0) is 4.79 Å². The predicted octanol–water partition coefficient (Wildman–Crippen LogP) is 1.88. The fourth-order valence-electron chi connectivity index (χ4n) is 2.51. The molecule has 10 nitrogen and oxygen atoms in total. The predicted molar refractivity (Wildman–Crippen MR) is 92.3 cm³/mol. The van der Waals surface area contributed by atoms with E-state index >= 15 is 0 Å². The summed E-state index contributed by atoms with van der Waals surface area (Å²) in [6.07, 6.45) is 0.441. The summed E-state index contributed by atoms with van der Waals surface area (Å²) in [5, 5.41) is 19.8. The van der Waals surface area contributed by atoms with Gasteiger partial charge in [0.25, 0.3) is 11.7 Å². The summed E-state index contributed by atoms with van der Waals surface area (Å²) < 4.78 is 10.8. The van der Waals surface area contributed by atoms with Crippen LogP contribution in [0.15, 0.2) is 36.4 Å². The minimum absolute atomic E-state index is 0.117. The highest BCUT2D eigenvalue weighted by molar-refractivity contribution is 5.96. The van der Waals surface area contributed by atoms with Crippen molar-refractivity contribution in [2.45, 2.75) is 6.42 Å². The quantitative estimate of drug-likeness (QED) is 0.442. The van der Waals surface area contributed by atoms with Gasteiger partial charge in [0.15, 0.2) is 12.4 Å². The molecule has 1 N–H and O–H groups in total. The molecule has 140 valence electrons. The molecule has 2 aromatic rings. The van der Waals surface area contributed by atoms with E-state index in [2.05, 4.69) is 4.98 Å². The highest BCUT2D eigenvalue weighted by Gasteiger charge is 2.31. The van der Waals surface area contributed by atoms with Crippen molar-refractivity contribution >= 4 is 23.5 Å². The Hall–Kier alpha value is -3.69. The second-order valence-corrected chi connectivity index (χ2v) is 5.61. The first-order chi connectivity index (χ1) is 13.0. The van der Waals surface area contributed by atoms with E-state index in [-0.39, 0.29) is 42.9 Å². The molecule has 0 spiro atoms. The molecule has 0 saturated carbocycles. The summed E-state index contributed by atoms with van der Waals surface area (Å²) in [6.45, 7) is 0.349. The Morgan fingerprint density at radius 2 is 2.04 bits per heavy atom. The number of carbonyl (C=O) groups is 2. The van der Waals surface area contributed by atoms with E-state index in [1.807, 2.05) is 0 Å². The van der Waals surface area contributed by atoms with Gasteiger partial charge in [-0.05, 0) is 46.7 Å². The third-order valence-corrected chi connectivity index (χ3v) is 3.82. The molecule has 0 aliphatic carbocycles. The average Bonchev–Trinajstić information content (AvgIpc) is 2.66. The number of anilines is 1. The summed E-state index contributed by atoms with van der Waals surface area (Å²) in [7, 11) is 0. The number of aromatic carboxylic acids is 1. The number of rotatable bonds is 7. The van der Waals surface area contributed by atoms with Gasteiger partial charge in [-0.2, -0.15) is 0 Å². The van der Waals surface area contributed by atoms with Crippen molar-refractivity contribution in [1.29, 1.82) is 0 Å². The van der Waals surface area contributed by atoms with Gasteiger partial charge in [-0.1, -0.05) is 0 Å². The lowest BCUT2D eigenvalue weighted by atomic mass is 10.2. The van der Waals surface area contributed by atoms with E-state index < -0.39 is 10.9 Å². The van der Waals surface area contributed by atoms with E-state index in [0.29, 0.717) is 17.9 Å². The number of pyridine rings is 1. The first kappa shape index (κ1) is 18.1. The molecule has 1 aromatic carbocycles. The number of carboxylic acid groups (broad SMARTS) is 1. The molecule has 1 aromatic heterocycles. The molecule has 0 saturated heterocycles. The van der Waals surface area contributed by atoms with Crippen LogP contribution in [0.25, 0.3) is 0 Å². The number of ether oxygens (including phenoxy) is 2. The van der Waals surface area contributed by atoms with Crippen LogP contribution in [0.5, 0.6) is 11.5 Å². The lowest BCUT2D eigenvalue weighted by Crippen LogP contribution is -2.40. The van der Waals surface area contributed by atoms with Crippen LogP contribution in [0.4, 0.5) is 11.6 Å². The number of hydrogen-bond donors (Lipinski definition) is 1. The number of aromatic nitrogens is 1.